The molecule has 0 aliphatic rings. The van der Waals surface area contributed by atoms with E-state index in [1.807, 2.05) is 32.0 Å². The van der Waals surface area contributed by atoms with E-state index in [9.17, 15) is 0 Å². The molecule has 0 bridgehead atoms. The summed E-state index contributed by atoms with van der Waals surface area (Å²) >= 11 is 0. The summed E-state index contributed by atoms with van der Waals surface area (Å²) in [6.45, 7) is 4.49. The molecule has 3 aromatic heterocycles. The fourth-order valence-electron chi connectivity index (χ4n) is 2.94. The van der Waals surface area contributed by atoms with Gasteiger partial charge in [0, 0.05) is 35.8 Å². The first-order valence-electron chi connectivity index (χ1n) is 8.52. The van der Waals surface area contributed by atoms with Gasteiger partial charge in [-0.3, -0.25) is 0 Å². The zero-order chi connectivity index (χ0) is 17.9. The zero-order valence-electron chi connectivity index (χ0n) is 14.7. The second kappa shape index (κ2) is 6.87. The van der Waals surface area contributed by atoms with Gasteiger partial charge in [0.1, 0.15) is 23.2 Å². The first-order valence-corrected chi connectivity index (χ1v) is 8.52. The number of rotatable bonds is 6. The Bertz CT molecular complexity index is 1040. The molecule has 132 valence electrons. The van der Waals surface area contributed by atoms with Crippen LogP contribution in [0.1, 0.15) is 17.1 Å². The van der Waals surface area contributed by atoms with Gasteiger partial charge in [-0.1, -0.05) is 23.4 Å². The predicted octanol–water partition coefficient (Wildman–Crippen LogP) is 3.96. The molecule has 0 spiro atoms. The van der Waals surface area contributed by atoms with Crippen molar-refractivity contribution in [1.82, 2.24) is 20.1 Å². The van der Waals surface area contributed by atoms with Crippen LogP contribution >= 0.6 is 0 Å². The minimum absolute atomic E-state index is 0.630. The predicted molar refractivity (Wildman–Crippen MR) is 102 cm³/mol. The van der Waals surface area contributed by atoms with E-state index >= 15 is 0 Å². The molecule has 0 radical (unpaired) electrons. The average Bonchev–Trinajstić information content (AvgIpc) is 3.21. The minimum Gasteiger partial charge on any atom is -0.370 e. The van der Waals surface area contributed by atoms with Gasteiger partial charge in [0.15, 0.2) is 5.82 Å². The van der Waals surface area contributed by atoms with Crippen LogP contribution in [0.4, 0.5) is 17.5 Å². The molecule has 4 rings (SSSR count). The van der Waals surface area contributed by atoms with Gasteiger partial charge in [-0.15, -0.1) is 0 Å². The maximum Gasteiger partial charge on any atom is 0.175 e. The van der Waals surface area contributed by atoms with Gasteiger partial charge in [-0.2, -0.15) is 0 Å². The maximum atomic E-state index is 5.06. The number of nitrogens with one attached hydrogen (secondary N) is 3. The van der Waals surface area contributed by atoms with Crippen molar-refractivity contribution in [2.24, 2.45) is 0 Å². The number of para-hydroxylation sites is 1. The number of nitrogens with zero attached hydrogens (tertiary/aromatic N) is 3. The molecule has 1 aromatic carbocycles. The van der Waals surface area contributed by atoms with Crippen molar-refractivity contribution in [3.05, 3.63) is 59.7 Å². The molecule has 0 fully saturated rings. The van der Waals surface area contributed by atoms with Crippen LogP contribution < -0.4 is 10.6 Å². The van der Waals surface area contributed by atoms with Gasteiger partial charge in [-0.25, -0.2) is 9.97 Å². The molecule has 0 atom stereocenters. The number of hydrogen-bond donors (Lipinski definition) is 3. The van der Waals surface area contributed by atoms with Gasteiger partial charge < -0.3 is 20.1 Å². The summed E-state index contributed by atoms with van der Waals surface area (Å²) in [4.78, 5) is 12.1. The van der Waals surface area contributed by atoms with Crippen molar-refractivity contribution >= 4 is 28.4 Å². The van der Waals surface area contributed by atoms with Gasteiger partial charge in [0.05, 0.1) is 0 Å². The molecule has 0 aliphatic carbocycles. The molecule has 7 nitrogen and oxygen atoms in total. The third-order valence-corrected chi connectivity index (χ3v) is 4.10. The molecule has 26 heavy (non-hydrogen) atoms. The van der Waals surface area contributed by atoms with Crippen molar-refractivity contribution in [1.29, 1.82) is 0 Å². The second-order valence-corrected chi connectivity index (χ2v) is 6.17. The molecule has 3 heterocycles. The highest BCUT2D eigenvalue weighted by Gasteiger charge is 2.06. The number of H-pyrrole nitrogens is 1. The van der Waals surface area contributed by atoms with Gasteiger partial charge in [-0.05, 0) is 31.9 Å². The quantitative estimate of drug-likeness (QED) is 0.488. The van der Waals surface area contributed by atoms with Crippen molar-refractivity contribution in [3.8, 4) is 0 Å². The molecular formula is C19H20N6O. The Balaban J connectivity index is 1.43. The molecule has 0 unspecified atom stereocenters. The fourth-order valence-corrected chi connectivity index (χ4v) is 2.94. The van der Waals surface area contributed by atoms with E-state index in [1.54, 1.807) is 0 Å². The Morgan fingerprint density at radius 2 is 1.88 bits per heavy atom. The van der Waals surface area contributed by atoms with Gasteiger partial charge >= 0.3 is 0 Å². The lowest BCUT2D eigenvalue weighted by molar-refractivity contribution is 0.400. The number of benzene rings is 1. The number of hydrogen-bond acceptors (Lipinski definition) is 6. The van der Waals surface area contributed by atoms with Crippen LogP contribution in [-0.2, 0) is 6.42 Å². The van der Waals surface area contributed by atoms with Crippen LogP contribution in [-0.4, -0.2) is 26.7 Å². The van der Waals surface area contributed by atoms with Crippen LogP contribution in [0.3, 0.4) is 0 Å². The van der Waals surface area contributed by atoms with Crippen LogP contribution in [0, 0.1) is 13.8 Å². The van der Waals surface area contributed by atoms with Gasteiger partial charge in [0.2, 0.25) is 0 Å². The third kappa shape index (κ3) is 3.51. The van der Waals surface area contributed by atoms with Crippen molar-refractivity contribution < 1.29 is 4.52 Å². The maximum absolute atomic E-state index is 5.06. The Morgan fingerprint density at radius 3 is 2.73 bits per heavy atom. The number of anilines is 3. The summed E-state index contributed by atoms with van der Waals surface area (Å²) in [6.07, 6.45) is 2.97. The molecule has 0 saturated heterocycles. The van der Waals surface area contributed by atoms with Crippen LogP contribution in [0.2, 0.25) is 0 Å². The Kier molecular flexibility index (Phi) is 4.27. The summed E-state index contributed by atoms with van der Waals surface area (Å²) in [5.41, 5.74) is 2.45. The number of fused-ring (bicyclic) bond motifs is 1. The third-order valence-electron chi connectivity index (χ3n) is 4.10. The molecular weight excluding hydrogens is 328 g/mol. The minimum atomic E-state index is 0.630. The van der Waals surface area contributed by atoms with Crippen molar-refractivity contribution in [3.63, 3.8) is 0 Å². The van der Waals surface area contributed by atoms with E-state index in [0.717, 1.165) is 30.1 Å². The highest BCUT2D eigenvalue weighted by molar-refractivity contribution is 5.83. The Hall–Kier alpha value is -3.35. The first-order chi connectivity index (χ1) is 12.7. The van der Waals surface area contributed by atoms with E-state index in [0.29, 0.717) is 17.5 Å². The summed E-state index contributed by atoms with van der Waals surface area (Å²) in [6, 6.07) is 12.0. The summed E-state index contributed by atoms with van der Waals surface area (Å²) in [5.74, 6) is 3.52. The number of aromatic amines is 1. The fraction of sp³-hybridized carbons (Fsp3) is 0.211. The molecule has 0 saturated carbocycles. The summed E-state index contributed by atoms with van der Waals surface area (Å²) < 4.78 is 5.06. The number of aromatic nitrogens is 4. The van der Waals surface area contributed by atoms with Crippen molar-refractivity contribution in [2.75, 3.05) is 17.2 Å². The standard InChI is InChI=1S/C19H20N6O/c1-12-9-19(25-26-12)24-18-10-17(22-13(2)23-18)20-8-7-14-11-21-16-6-4-3-5-15(14)16/h3-6,9-11,21H,7-8H2,1-2H3,(H2,20,22,23,24,25). The van der Waals surface area contributed by atoms with E-state index in [-0.39, 0.29) is 0 Å². The second-order valence-electron chi connectivity index (χ2n) is 6.17. The Labute approximate surface area is 150 Å². The molecule has 3 N–H and O–H groups in total. The number of aryl methyl sites for hydroxylation is 2. The summed E-state index contributed by atoms with van der Waals surface area (Å²) in [5, 5.41) is 11.7. The molecule has 4 aromatic rings. The average molecular weight is 348 g/mol. The van der Waals surface area contributed by atoms with E-state index in [4.69, 9.17) is 4.52 Å². The normalized spacial score (nSPS) is 11.0. The first kappa shape index (κ1) is 16.1. The van der Waals surface area contributed by atoms with Crippen LogP contribution in [0.5, 0.6) is 0 Å². The topological polar surface area (TPSA) is 91.7 Å². The smallest absolute Gasteiger partial charge is 0.175 e. The summed E-state index contributed by atoms with van der Waals surface area (Å²) in [7, 11) is 0. The van der Waals surface area contributed by atoms with Crippen LogP contribution in [0.25, 0.3) is 10.9 Å². The van der Waals surface area contributed by atoms with Gasteiger partial charge in [0.25, 0.3) is 0 Å². The molecule has 0 aliphatic heterocycles. The van der Waals surface area contributed by atoms with E-state index < -0.39 is 0 Å². The van der Waals surface area contributed by atoms with E-state index in [2.05, 4.69) is 55.1 Å². The Morgan fingerprint density at radius 1 is 1.04 bits per heavy atom. The molecule has 7 heteroatoms. The highest BCUT2D eigenvalue weighted by Crippen LogP contribution is 2.19. The lowest BCUT2D eigenvalue weighted by Gasteiger charge is -2.08. The van der Waals surface area contributed by atoms with Crippen molar-refractivity contribution in [2.45, 2.75) is 20.3 Å². The molecule has 0 amide bonds. The lowest BCUT2D eigenvalue weighted by atomic mass is 10.1. The van der Waals surface area contributed by atoms with E-state index in [1.165, 1.54) is 10.9 Å². The lowest BCUT2D eigenvalue weighted by Crippen LogP contribution is -2.08. The monoisotopic (exact) mass is 348 g/mol. The largest absolute Gasteiger partial charge is 0.370 e. The highest BCUT2D eigenvalue weighted by atomic mass is 16.5. The van der Waals surface area contributed by atoms with Crippen LogP contribution in [0.15, 0.2) is 47.1 Å². The SMILES string of the molecule is Cc1nc(NCCc2c[nH]c3ccccc23)cc(Nc2cc(C)on2)n1. The zero-order valence-corrected chi connectivity index (χ0v) is 14.7.